The molecule has 1 unspecified atom stereocenters. The Balaban J connectivity index is 1.07. The first-order chi connectivity index (χ1) is 30.4. The third-order valence-electron chi connectivity index (χ3n) is 10.5. The molecule has 2 aromatic heterocycles. The van der Waals surface area contributed by atoms with Crippen molar-refractivity contribution in [1.82, 2.24) is 34.6 Å². The van der Waals surface area contributed by atoms with Crippen molar-refractivity contribution in [2.45, 2.75) is 57.8 Å². The van der Waals surface area contributed by atoms with Gasteiger partial charge in [0.2, 0.25) is 5.91 Å². The number of likely N-dealkylation sites (tertiary alicyclic amines) is 1. The number of hydrogen-bond acceptors (Lipinski definition) is 12. The number of ether oxygens (including phenoxy) is 2. The molecule has 0 bridgehead atoms. The molecule has 334 valence electrons. The lowest BCUT2D eigenvalue weighted by Crippen LogP contribution is -2.60. The van der Waals surface area contributed by atoms with E-state index in [0.29, 0.717) is 47.4 Å². The Labute approximate surface area is 369 Å². The summed E-state index contributed by atoms with van der Waals surface area (Å²) in [5.74, 6) is -4.56. The van der Waals surface area contributed by atoms with E-state index in [-0.39, 0.29) is 65.6 Å². The van der Waals surface area contributed by atoms with E-state index in [4.69, 9.17) is 21.1 Å². The summed E-state index contributed by atoms with van der Waals surface area (Å²) in [4.78, 5) is 95.3. The zero-order valence-corrected chi connectivity index (χ0v) is 35.5. The van der Waals surface area contributed by atoms with E-state index >= 15 is 0 Å². The lowest BCUT2D eigenvalue weighted by Gasteiger charge is -2.38. The highest BCUT2D eigenvalue weighted by Crippen LogP contribution is 2.31. The Kier molecular flexibility index (Phi) is 12.9. The Morgan fingerprint density at radius 3 is 2.23 bits per heavy atom. The lowest BCUT2D eigenvalue weighted by atomic mass is 10.0. The molecule has 3 aromatic carbocycles. The number of benzene rings is 3. The fourth-order valence-corrected chi connectivity index (χ4v) is 7.68. The summed E-state index contributed by atoms with van der Waals surface area (Å²) in [6.07, 6.45) is 0.579. The molecule has 7 rings (SSSR count). The molecule has 0 saturated carbocycles. The van der Waals surface area contributed by atoms with E-state index in [1.165, 1.54) is 40.2 Å². The molecule has 5 amide bonds. The zero-order valence-electron chi connectivity index (χ0n) is 34.8. The van der Waals surface area contributed by atoms with E-state index in [1.807, 2.05) is 0 Å². The number of carbonyl (C=O) groups excluding carboxylic acids is 5. The zero-order chi connectivity index (χ0) is 45.9. The summed E-state index contributed by atoms with van der Waals surface area (Å²) in [6.45, 7) is 5.81. The van der Waals surface area contributed by atoms with E-state index in [2.05, 4.69) is 26.2 Å². The second-order valence-corrected chi connectivity index (χ2v) is 16.4. The number of esters is 1. The molecule has 2 saturated heterocycles. The molecular weight excluding hydrogens is 856 g/mol. The fraction of sp³-hybridized carbons (Fsp3) is 0.333. The van der Waals surface area contributed by atoms with Gasteiger partial charge in [-0.05, 0) is 104 Å². The molecule has 64 heavy (non-hydrogen) atoms. The molecular formula is C42H43ClN10O11. The highest BCUT2D eigenvalue weighted by Gasteiger charge is 2.41. The number of carboxylic acid groups (broad SMARTS) is 2. The molecule has 5 aromatic rings. The second-order valence-electron chi connectivity index (χ2n) is 16.0. The highest BCUT2D eigenvalue weighted by molar-refractivity contribution is 6.41. The van der Waals surface area contributed by atoms with Crippen LogP contribution >= 0.6 is 11.6 Å². The largest absolute Gasteiger partial charge is 0.477 e. The summed E-state index contributed by atoms with van der Waals surface area (Å²) in [7, 11) is 0. The van der Waals surface area contributed by atoms with Crippen LogP contribution in [0.15, 0.2) is 73.1 Å². The van der Waals surface area contributed by atoms with Gasteiger partial charge in [-0.3, -0.25) is 14.4 Å². The minimum absolute atomic E-state index is 0.0471. The number of amides is 5. The molecule has 0 radical (unpaired) electrons. The lowest BCUT2D eigenvalue weighted by molar-refractivity contribution is -0.163. The molecule has 2 aliphatic heterocycles. The Bertz CT molecular complexity index is 2620. The van der Waals surface area contributed by atoms with Crippen LogP contribution in [0.2, 0.25) is 5.02 Å². The molecule has 0 spiro atoms. The predicted octanol–water partition coefficient (Wildman–Crippen LogP) is 4.27. The van der Waals surface area contributed by atoms with Gasteiger partial charge in [0.25, 0.3) is 0 Å². The number of nitrogens with one attached hydrogen (secondary N) is 2. The average Bonchev–Trinajstić information content (AvgIpc) is 3.92. The van der Waals surface area contributed by atoms with E-state index in [0.717, 1.165) is 11.0 Å². The van der Waals surface area contributed by atoms with Crippen LogP contribution in [0.25, 0.3) is 16.6 Å². The first kappa shape index (κ1) is 44.7. The number of anilines is 3. The molecule has 2 fully saturated rings. The van der Waals surface area contributed by atoms with Crippen molar-refractivity contribution in [1.29, 1.82) is 0 Å². The van der Waals surface area contributed by atoms with E-state index in [9.17, 15) is 43.8 Å². The SMILES string of the molecule is CC(C)(C)OC(=O)COC1CCN(C(=O)Nc2ccc(CC(C(=O)Nc3ccc4c(c3)cc(C(=O)O)n4C(=O)O)N3CCN(c4cc(Cl)ccc4-n4cnnn4)C(=O)C3=O)cc2)CC1. The fourth-order valence-electron chi connectivity index (χ4n) is 7.51. The minimum Gasteiger partial charge on any atom is -0.477 e. The number of aromatic nitrogens is 5. The maximum atomic E-state index is 14.3. The van der Waals surface area contributed by atoms with Gasteiger partial charge in [-0.15, -0.1) is 5.10 Å². The van der Waals surface area contributed by atoms with E-state index in [1.54, 1.807) is 62.1 Å². The highest BCUT2D eigenvalue weighted by atomic mass is 35.5. The Hall–Kier alpha value is -7.39. The summed E-state index contributed by atoms with van der Waals surface area (Å²) in [6, 6.07) is 15.0. The normalized spacial score (nSPS) is 15.3. The third kappa shape index (κ3) is 10.1. The number of hydrogen-bond donors (Lipinski definition) is 4. The molecule has 4 heterocycles. The number of urea groups is 1. The van der Waals surface area contributed by atoms with Crippen molar-refractivity contribution in [3.8, 4) is 5.69 Å². The summed E-state index contributed by atoms with van der Waals surface area (Å²) in [5.41, 5.74) is 0.775. The van der Waals surface area contributed by atoms with Gasteiger partial charge >= 0.3 is 35.9 Å². The number of tetrazole rings is 1. The van der Waals surface area contributed by atoms with Gasteiger partial charge in [0.1, 0.15) is 30.3 Å². The maximum Gasteiger partial charge on any atom is 0.416 e. The number of piperidine rings is 1. The third-order valence-corrected chi connectivity index (χ3v) is 10.7. The number of carbonyl (C=O) groups is 7. The van der Waals surface area contributed by atoms with Crippen LogP contribution in [0.4, 0.5) is 26.7 Å². The molecule has 1 atom stereocenters. The van der Waals surface area contributed by atoms with Gasteiger partial charge in [-0.1, -0.05) is 23.7 Å². The molecule has 21 nitrogen and oxygen atoms in total. The Morgan fingerprint density at radius 2 is 1.58 bits per heavy atom. The summed E-state index contributed by atoms with van der Waals surface area (Å²) < 4.78 is 12.9. The standard InChI is InChI=1S/C42H43ClN10O11/c1-42(2,3)64-35(54)22-63-29-12-14-49(15-13-29)40(60)46-27-7-4-24(5-8-27)18-33(36(55)45-28-9-11-30-25(19-28)20-34(39(58)59)53(30)41(61)62)51-17-16-50(37(56)38(51)57)32-21-26(43)6-10-31(32)52-23-44-47-48-52/h4-11,19-21,23,29,33H,12-18,22H2,1-3H3,(H,45,55)(H,46,60)(H,58,59)(H,61,62). The molecule has 22 heteroatoms. The average molecular weight is 899 g/mol. The van der Waals surface area contributed by atoms with Crippen molar-refractivity contribution in [2.24, 2.45) is 0 Å². The van der Waals surface area contributed by atoms with E-state index < -0.39 is 53.1 Å². The quantitative estimate of drug-likeness (QED) is 0.101. The van der Waals surface area contributed by atoms with Crippen LogP contribution in [0, 0.1) is 0 Å². The summed E-state index contributed by atoms with van der Waals surface area (Å²) >= 11 is 6.31. The van der Waals surface area contributed by atoms with Crippen molar-refractivity contribution >= 4 is 81.4 Å². The molecule has 2 aliphatic rings. The molecule has 0 aliphatic carbocycles. The number of nitrogens with zero attached hydrogens (tertiary/aromatic N) is 8. The van der Waals surface area contributed by atoms with Crippen LogP contribution in [-0.2, 0) is 35.1 Å². The number of halogens is 1. The topological polar surface area (TPSA) is 261 Å². The van der Waals surface area contributed by atoms with Crippen LogP contribution in [0.5, 0.6) is 0 Å². The van der Waals surface area contributed by atoms with Gasteiger partial charge in [0.05, 0.1) is 23.0 Å². The maximum absolute atomic E-state index is 14.3. The van der Waals surface area contributed by atoms with Crippen molar-refractivity contribution in [3.05, 3.63) is 89.3 Å². The smallest absolute Gasteiger partial charge is 0.416 e. The number of fused-ring (bicyclic) bond motifs is 1. The van der Waals surface area contributed by atoms with Crippen molar-refractivity contribution < 1.29 is 53.2 Å². The Morgan fingerprint density at radius 1 is 0.859 bits per heavy atom. The van der Waals surface area contributed by atoms with Gasteiger partial charge in [0, 0.05) is 54.4 Å². The number of carboxylic acids is 1. The van der Waals surface area contributed by atoms with Crippen LogP contribution in [-0.4, -0.2) is 137 Å². The van der Waals surface area contributed by atoms with Crippen LogP contribution < -0.4 is 15.5 Å². The number of rotatable bonds is 12. The first-order valence-corrected chi connectivity index (χ1v) is 20.4. The predicted molar refractivity (Wildman–Crippen MR) is 229 cm³/mol. The van der Waals surface area contributed by atoms with Gasteiger partial charge in [-0.25, -0.2) is 23.7 Å². The number of piperazine rings is 1. The number of aromatic carboxylic acids is 1. The van der Waals surface area contributed by atoms with Crippen LogP contribution in [0.3, 0.4) is 0 Å². The monoisotopic (exact) mass is 898 g/mol. The second kappa shape index (κ2) is 18.5. The summed E-state index contributed by atoms with van der Waals surface area (Å²) in [5, 5.41) is 36.6. The van der Waals surface area contributed by atoms with Gasteiger partial charge in [0.15, 0.2) is 0 Å². The first-order valence-electron chi connectivity index (χ1n) is 20.0. The minimum atomic E-state index is -1.51. The van der Waals surface area contributed by atoms with Crippen molar-refractivity contribution in [2.75, 3.05) is 48.3 Å². The van der Waals surface area contributed by atoms with Gasteiger partial charge < -0.3 is 45.0 Å². The van der Waals surface area contributed by atoms with Crippen molar-refractivity contribution in [3.63, 3.8) is 0 Å². The van der Waals surface area contributed by atoms with Gasteiger partial charge in [-0.2, -0.15) is 4.68 Å². The molecule has 4 N–H and O–H groups in total. The van der Waals surface area contributed by atoms with Crippen LogP contribution in [0.1, 0.15) is 49.7 Å².